The molecule has 0 atom stereocenters. The molecule has 0 aliphatic carbocycles. The first-order chi connectivity index (χ1) is 28.7. The van der Waals surface area contributed by atoms with Crippen molar-refractivity contribution in [1.82, 2.24) is 19.9 Å². The van der Waals surface area contributed by atoms with E-state index in [0.29, 0.717) is 17.5 Å². The number of pyridine rings is 1. The van der Waals surface area contributed by atoms with Crippen molar-refractivity contribution in [2.24, 2.45) is 0 Å². The molecule has 272 valence electrons. The minimum atomic E-state index is 0.614. The topological polar surface area (TPSA) is 51.6 Å². The van der Waals surface area contributed by atoms with Gasteiger partial charge in [0, 0.05) is 27.8 Å². The lowest BCUT2D eigenvalue weighted by atomic mass is 9.92. The zero-order chi connectivity index (χ0) is 38.7. The van der Waals surface area contributed by atoms with Gasteiger partial charge in [0.2, 0.25) is 0 Å². The van der Waals surface area contributed by atoms with E-state index in [0.717, 1.165) is 72.6 Å². The second-order valence-electron chi connectivity index (χ2n) is 14.3. The van der Waals surface area contributed by atoms with E-state index < -0.39 is 0 Å². The second kappa shape index (κ2) is 15.4. The Kier molecular flexibility index (Phi) is 9.18. The largest absolute Gasteiger partial charge is 0.248 e. The molecule has 2 heterocycles. The lowest BCUT2D eigenvalue weighted by Gasteiger charge is -2.14. The molecule has 0 bridgehead atoms. The molecule has 0 radical (unpaired) electrons. The molecule has 0 aliphatic rings. The summed E-state index contributed by atoms with van der Waals surface area (Å²) in [5, 5.41) is 2.38. The molecular weight excluding hydrogens is 705 g/mol. The highest BCUT2D eigenvalue weighted by Crippen LogP contribution is 2.37. The van der Waals surface area contributed by atoms with Crippen LogP contribution in [0.25, 0.3) is 101 Å². The van der Waals surface area contributed by atoms with Gasteiger partial charge in [-0.25, -0.2) is 19.9 Å². The van der Waals surface area contributed by atoms with Crippen LogP contribution in [0.3, 0.4) is 0 Å². The summed E-state index contributed by atoms with van der Waals surface area (Å²) in [7, 11) is 0. The number of hydrogen-bond donors (Lipinski definition) is 0. The maximum Gasteiger partial charge on any atom is 0.164 e. The summed E-state index contributed by atoms with van der Waals surface area (Å²) < 4.78 is 0. The lowest BCUT2D eigenvalue weighted by Crippen LogP contribution is -2.00. The number of benzene rings is 8. The van der Waals surface area contributed by atoms with Crippen molar-refractivity contribution in [3.05, 3.63) is 218 Å². The van der Waals surface area contributed by atoms with Gasteiger partial charge in [0.05, 0.1) is 11.4 Å². The summed E-state index contributed by atoms with van der Waals surface area (Å²) >= 11 is 0. The number of hydrogen-bond acceptors (Lipinski definition) is 4. The number of nitrogens with zero attached hydrogens (tertiary/aromatic N) is 4. The first-order valence-corrected chi connectivity index (χ1v) is 19.5. The molecule has 0 saturated heterocycles. The van der Waals surface area contributed by atoms with E-state index in [1.165, 1.54) is 10.8 Å². The van der Waals surface area contributed by atoms with E-state index >= 15 is 0 Å². The predicted octanol–water partition coefficient (Wildman–Crippen LogP) is 13.8. The fraction of sp³-hybridized carbons (Fsp3) is 0. The normalized spacial score (nSPS) is 11.1. The van der Waals surface area contributed by atoms with Gasteiger partial charge in [-0.2, -0.15) is 0 Å². The number of rotatable bonds is 8. The quantitative estimate of drug-likeness (QED) is 0.156. The standard InChI is InChI=1S/C54H36N4/c1-5-16-37(17-6-1)45-35-50(40-19-7-2-8-20-40)55-51(36-45)41-30-28-38(29-31-41)44-32-46(49-27-15-25-39-18-13-14-26-48(39)49)34-47(33-44)54-57-52(42-21-9-3-10-22-42)56-53(58-54)43-23-11-4-12-24-43/h1-36H. The molecule has 10 aromatic rings. The van der Waals surface area contributed by atoms with E-state index in [4.69, 9.17) is 19.9 Å². The Balaban J connectivity index is 1.12. The van der Waals surface area contributed by atoms with Crippen LogP contribution in [0, 0.1) is 0 Å². The highest BCUT2D eigenvalue weighted by molar-refractivity contribution is 5.98. The zero-order valence-corrected chi connectivity index (χ0v) is 31.6. The van der Waals surface area contributed by atoms with Crippen molar-refractivity contribution in [2.45, 2.75) is 0 Å². The van der Waals surface area contributed by atoms with Crippen molar-refractivity contribution < 1.29 is 0 Å². The van der Waals surface area contributed by atoms with E-state index in [1.54, 1.807) is 0 Å². The van der Waals surface area contributed by atoms with Crippen LogP contribution < -0.4 is 0 Å². The molecule has 10 rings (SSSR count). The second-order valence-corrected chi connectivity index (χ2v) is 14.3. The van der Waals surface area contributed by atoms with Gasteiger partial charge in [0.25, 0.3) is 0 Å². The van der Waals surface area contributed by atoms with Crippen LogP contribution in [0.1, 0.15) is 0 Å². The lowest BCUT2D eigenvalue weighted by molar-refractivity contribution is 1.07. The van der Waals surface area contributed by atoms with Crippen LogP contribution in [0.4, 0.5) is 0 Å². The van der Waals surface area contributed by atoms with Gasteiger partial charge in [0.15, 0.2) is 17.5 Å². The first kappa shape index (κ1) is 34.7. The monoisotopic (exact) mass is 740 g/mol. The van der Waals surface area contributed by atoms with E-state index in [1.807, 2.05) is 72.8 Å². The van der Waals surface area contributed by atoms with Gasteiger partial charge >= 0.3 is 0 Å². The SMILES string of the molecule is c1ccc(-c2cc(-c3ccccc3)nc(-c3ccc(-c4cc(-c5nc(-c6ccccc6)nc(-c6ccccc6)n5)cc(-c5cccc6ccccc56)c4)cc3)c2)cc1. The Morgan fingerprint density at radius 1 is 0.224 bits per heavy atom. The highest BCUT2D eigenvalue weighted by atomic mass is 15.0. The molecule has 0 spiro atoms. The Labute approximate surface area is 337 Å². The summed E-state index contributed by atoms with van der Waals surface area (Å²) in [5.74, 6) is 1.88. The molecule has 0 amide bonds. The van der Waals surface area contributed by atoms with Gasteiger partial charge in [0.1, 0.15) is 0 Å². The molecule has 0 saturated carbocycles. The van der Waals surface area contributed by atoms with Crippen LogP contribution in [0.5, 0.6) is 0 Å². The van der Waals surface area contributed by atoms with Crippen LogP contribution in [0.2, 0.25) is 0 Å². The van der Waals surface area contributed by atoms with Crippen LogP contribution >= 0.6 is 0 Å². The fourth-order valence-electron chi connectivity index (χ4n) is 7.56. The van der Waals surface area contributed by atoms with E-state index in [2.05, 4.69) is 146 Å². The summed E-state index contributed by atoms with van der Waals surface area (Å²) in [5.41, 5.74) is 13.4. The molecule has 4 heteroatoms. The van der Waals surface area contributed by atoms with Crippen LogP contribution in [-0.4, -0.2) is 19.9 Å². The number of aromatic nitrogens is 4. The van der Waals surface area contributed by atoms with Crippen molar-refractivity contribution in [1.29, 1.82) is 0 Å². The van der Waals surface area contributed by atoms with E-state index in [9.17, 15) is 0 Å². The fourth-order valence-corrected chi connectivity index (χ4v) is 7.56. The average Bonchev–Trinajstić information content (AvgIpc) is 3.32. The number of fused-ring (bicyclic) bond motifs is 1. The van der Waals surface area contributed by atoms with Gasteiger partial charge in [-0.3, -0.25) is 0 Å². The Morgan fingerprint density at radius 2 is 0.621 bits per heavy atom. The van der Waals surface area contributed by atoms with Gasteiger partial charge in [-0.1, -0.05) is 188 Å². The van der Waals surface area contributed by atoms with E-state index in [-0.39, 0.29) is 0 Å². The van der Waals surface area contributed by atoms with Gasteiger partial charge < -0.3 is 0 Å². The van der Waals surface area contributed by atoms with Crippen molar-refractivity contribution >= 4 is 10.8 Å². The first-order valence-electron chi connectivity index (χ1n) is 19.5. The summed E-state index contributed by atoms with van der Waals surface area (Å²) in [6.07, 6.45) is 0. The molecule has 0 aliphatic heterocycles. The van der Waals surface area contributed by atoms with Gasteiger partial charge in [-0.05, 0) is 74.5 Å². The Hall–Kier alpha value is -7.82. The summed E-state index contributed by atoms with van der Waals surface area (Å²) in [6, 6.07) is 75.9. The average molecular weight is 741 g/mol. The maximum atomic E-state index is 5.18. The van der Waals surface area contributed by atoms with Crippen molar-refractivity contribution in [2.75, 3.05) is 0 Å². The minimum absolute atomic E-state index is 0.614. The minimum Gasteiger partial charge on any atom is -0.248 e. The highest BCUT2D eigenvalue weighted by Gasteiger charge is 2.16. The molecule has 2 aromatic heterocycles. The Bertz CT molecular complexity index is 2900. The zero-order valence-electron chi connectivity index (χ0n) is 31.6. The molecule has 0 fully saturated rings. The molecule has 0 N–H and O–H groups in total. The third-order valence-corrected chi connectivity index (χ3v) is 10.5. The molecule has 4 nitrogen and oxygen atoms in total. The molecule has 0 unspecified atom stereocenters. The predicted molar refractivity (Wildman–Crippen MR) is 239 cm³/mol. The molecular formula is C54H36N4. The van der Waals surface area contributed by atoms with Crippen LogP contribution in [0.15, 0.2) is 218 Å². The smallest absolute Gasteiger partial charge is 0.164 e. The maximum absolute atomic E-state index is 5.18. The van der Waals surface area contributed by atoms with Gasteiger partial charge in [-0.15, -0.1) is 0 Å². The molecule has 58 heavy (non-hydrogen) atoms. The summed E-state index contributed by atoms with van der Waals surface area (Å²) in [6.45, 7) is 0. The third kappa shape index (κ3) is 7.07. The third-order valence-electron chi connectivity index (χ3n) is 10.5. The van der Waals surface area contributed by atoms with Crippen LogP contribution in [-0.2, 0) is 0 Å². The van der Waals surface area contributed by atoms with Crippen molar-refractivity contribution in [3.8, 4) is 90.1 Å². The van der Waals surface area contributed by atoms with Crippen molar-refractivity contribution in [3.63, 3.8) is 0 Å². The summed E-state index contributed by atoms with van der Waals surface area (Å²) in [4.78, 5) is 20.4. The Morgan fingerprint density at radius 3 is 1.22 bits per heavy atom. The molecule has 8 aromatic carbocycles.